The Balaban J connectivity index is 0.00000150. The average molecular weight is 439 g/mol. The molecule has 1 aromatic heterocycles. The van der Waals surface area contributed by atoms with E-state index in [4.69, 9.17) is 4.98 Å². The molecular weight excluding hydrogens is 407 g/mol. The minimum atomic E-state index is 0. The van der Waals surface area contributed by atoms with Crippen LogP contribution in [0.2, 0.25) is 0 Å². The molecule has 160 valence electrons. The van der Waals surface area contributed by atoms with Crippen LogP contribution in [0.1, 0.15) is 44.9 Å². The van der Waals surface area contributed by atoms with Crippen LogP contribution < -0.4 is 10.6 Å². The highest BCUT2D eigenvalue weighted by Gasteiger charge is 2.22. The summed E-state index contributed by atoms with van der Waals surface area (Å²) in [5.41, 5.74) is 3.00. The van der Waals surface area contributed by atoms with Gasteiger partial charge < -0.3 is 15.2 Å². The Hall–Kier alpha value is -1.56. The van der Waals surface area contributed by atoms with Crippen molar-refractivity contribution in [3.8, 4) is 11.3 Å². The predicted octanol–water partition coefficient (Wildman–Crippen LogP) is 4.69. The van der Waals surface area contributed by atoms with Crippen molar-refractivity contribution in [2.24, 2.45) is 11.8 Å². The third-order valence-electron chi connectivity index (χ3n) is 6.02. The van der Waals surface area contributed by atoms with Gasteiger partial charge in [-0.05, 0) is 62.7 Å². The number of amides is 1. The van der Waals surface area contributed by atoms with Gasteiger partial charge in [0.1, 0.15) is 5.82 Å². The maximum Gasteiger partial charge on any atom is 0.224 e. The van der Waals surface area contributed by atoms with E-state index in [-0.39, 0.29) is 30.7 Å². The Morgan fingerprint density at radius 2 is 2.03 bits per heavy atom. The lowest BCUT2D eigenvalue weighted by atomic mass is 9.85. The molecule has 2 atom stereocenters. The van der Waals surface area contributed by atoms with E-state index in [0.29, 0.717) is 18.3 Å². The monoisotopic (exact) mass is 438 g/mol. The number of aromatic nitrogens is 2. The van der Waals surface area contributed by atoms with Gasteiger partial charge in [0.05, 0.1) is 5.69 Å². The van der Waals surface area contributed by atoms with E-state index in [2.05, 4.69) is 40.5 Å². The Morgan fingerprint density at radius 1 is 1.24 bits per heavy atom. The van der Waals surface area contributed by atoms with E-state index in [1.165, 1.54) is 31.5 Å². The number of halogens is 2. The van der Waals surface area contributed by atoms with Crippen LogP contribution in [0.4, 0.5) is 5.69 Å². The number of nitrogens with zero attached hydrogens (tertiary/aromatic N) is 2. The number of piperidine rings is 1. The molecule has 2 unspecified atom stereocenters. The quantitative estimate of drug-likeness (QED) is 0.711. The zero-order chi connectivity index (χ0) is 18.6. The summed E-state index contributed by atoms with van der Waals surface area (Å²) in [6.45, 7) is 5.42. The van der Waals surface area contributed by atoms with Crippen LogP contribution in [0.25, 0.3) is 11.3 Å². The van der Waals surface area contributed by atoms with Gasteiger partial charge in [-0.15, -0.1) is 24.8 Å². The van der Waals surface area contributed by atoms with Crippen molar-refractivity contribution in [2.75, 3.05) is 18.4 Å². The lowest BCUT2D eigenvalue weighted by Crippen LogP contribution is -2.34. The second kappa shape index (κ2) is 11.0. The number of fused-ring (bicyclic) bond motifs is 1. The molecule has 1 amide bonds. The number of carbonyl (C=O) groups excluding carboxylic acids is 1. The fourth-order valence-electron chi connectivity index (χ4n) is 4.31. The number of aryl methyl sites for hydroxylation is 2. The molecule has 1 saturated heterocycles. The molecule has 0 saturated carbocycles. The molecule has 0 aliphatic carbocycles. The van der Waals surface area contributed by atoms with Crippen LogP contribution in [0, 0.1) is 11.8 Å². The van der Waals surface area contributed by atoms with Crippen molar-refractivity contribution in [1.29, 1.82) is 0 Å². The highest BCUT2D eigenvalue weighted by Crippen LogP contribution is 2.25. The maximum absolute atomic E-state index is 12.4. The number of hydrogen-bond acceptors (Lipinski definition) is 3. The molecule has 2 N–H and O–H groups in total. The predicted molar refractivity (Wildman–Crippen MR) is 123 cm³/mol. The third-order valence-corrected chi connectivity index (χ3v) is 6.02. The van der Waals surface area contributed by atoms with E-state index in [1.54, 1.807) is 0 Å². The first-order valence-electron chi connectivity index (χ1n) is 10.4. The summed E-state index contributed by atoms with van der Waals surface area (Å²) >= 11 is 0. The van der Waals surface area contributed by atoms with Gasteiger partial charge in [0, 0.05) is 36.8 Å². The van der Waals surface area contributed by atoms with Crippen LogP contribution >= 0.6 is 24.8 Å². The molecule has 5 nitrogen and oxygen atoms in total. The van der Waals surface area contributed by atoms with Crippen molar-refractivity contribution in [1.82, 2.24) is 14.9 Å². The summed E-state index contributed by atoms with van der Waals surface area (Å²) in [5, 5.41) is 6.49. The molecule has 4 rings (SSSR count). The molecule has 0 radical (unpaired) electrons. The van der Waals surface area contributed by atoms with Crippen molar-refractivity contribution >= 4 is 36.4 Å². The van der Waals surface area contributed by atoms with Crippen LogP contribution in [0.15, 0.2) is 30.5 Å². The molecule has 1 aromatic carbocycles. The second-order valence-electron chi connectivity index (χ2n) is 8.11. The fourth-order valence-corrected chi connectivity index (χ4v) is 4.31. The highest BCUT2D eigenvalue weighted by atomic mass is 35.5. The summed E-state index contributed by atoms with van der Waals surface area (Å²) in [5.74, 6) is 2.32. The van der Waals surface area contributed by atoms with E-state index in [1.807, 2.05) is 12.1 Å². The first-order valence-corrected chi connectivity index (χ1v) is 10.4. The van der Waals surface area contributed by atoms with Crippen molar-refractivity contribution in [2.45, 2.75) is 52.0 Å². The normalized spacial score (nSPS) is 19.3. The largest absolute Gasteiger partial charge is 0.334 e. The lowest BCUT2D eigenvalue weighted by Gasteiger charge is -2.28. The molecular formula is C22H32Cl2N4O. The summed E-state index contributed by atoms with van der Waals surface area (Å²) in [6, 6.07) is 8.08. The number of hydrogen-bond donors (Lipinski definition) is 2. The molecule has 2 aliphatic rings. The summed E-state index contributed by atoms with van der Waals surface area (Å²) < 4.78 is 2.27. The van der Waals surface area contributed by atoms with E-state index >= 15 is 0 Å². The van der Waals surface area contributed by atoms with Gasteiger partial charge in [-0.25, -0.2) is 4.98 Å². The number of rotatable bonds is 5. The number of nitrogens with one attached hydrogen (secondary N) is 2. The number of benzene rings is 1. The smallest absolute Gasteiger partial charge is 0.224 e. The SMILES string of the molecule is CC(CC(=O)Nc1ccc(-c2cn3c(n2)CCCC3)cc1)C1CCCNC1.Cl.Cl. The molecule has 0 bridgehead atoms. The Morgan fingerprint density at radius 3 is 2.72 bits per heavy atom. The molecule has 1 fully saturated rings. The number of imidazole rings is 1. The Bertz CT molecular complexity index is 761. The minimum absolute atomic E-state index is 0. The molecule has 2 aliphatic heterocycles. The topological polar surface area (TPSA) is 59.0 Å². The standard InChI is InChI=1S/C22H30N4O.2ClH/c1-16(18-5-4-11-23-14-18)13-22(27)24-19-9-7-17(8-10-19)20-15-26-12-3-2-6-21(26)25-20;;/h7-10,15-16,18,23H,2-6,11-14H2,1H3,(H,24,27);2*1H. The fraction of sp³-hybridized carbons (Fsp3) is 0.545. The summed E-state index contributed by atoms with van der Waals surface area (Å²) in [7, 11) is 0. The first-order chi connectivity index (χ1) is 13.2. The van der Waals surface area contributed by atoms with E-state index in [9.17, 15) is 4.79 Å². The maximum atomic E-state index is 12.4. The van der Waals surface area contributed by atoms with E-state index in [0.717, 1.165) is 43.0 Å². The van der Waals surface area contributed by atoms with Crippen molar-refractivity contribution in [3.63, 3.8) is 0 Å². The van der Waals surface area contributed by atoms with Gasteiger partial charge in [0.15, 0.2) is 0 Å². The number of carbonyl (C=O) groups is 1. The third kappa shape index (κ3) is 5.97. The molecule has 3 heterocycles. The van der Waals surface area contributed by atoms with Crippen LogP contribution in [-0.4, -0.2) is 28.5 Å². The number of anilines is 1. The lowest BCUT2D eigenvalue weighted by molar-refractivity contribution is -0.117. The van der Waals surface area contributed by atoms with Gasteiger partial charge in [0.25, 0.3) is 0 Å². The van der Waals surface area contributed by atoms with Gasteiger partial charge >= 0.3 is 0 Å². The van der Waals surface area contributed by atoms with Crippen LogP contribution in [0.3, 0.4) is 0 Å². The van der Waals surface area contributed by atoms with Crippen molar-refractivity contribution in [3.05, 3.63) is 36.3 Å². The molecule has 29 heavy (non-hydrogen) atoms. The second-order valence-corrected chi connectivity index (χ2v) is 8.11. The first kappa shape index (κ1) is 23.7. The van der Waals surface area contributed by atoms with Gasteiger partial charge in [-0.1, -0.05) is 19.1 Å². The van der Waals surface area contributed by atoms with E-state index < -0.39 is 0 Å². The molecule has 2 aromatic rings. The zero-order valence-corrected chi connectivity index (χ0v) is 18.7. The van der Waals surface area contributed by atoms with Gasteiger partial charge in [0.2, 0.25) is 5.91 Å². The highest BCUT2D eigenvalue weighted by molar-refractivity contribution is 5.91. The van der Waals surface area contributed by atoms with Gasteiger partial charge in [-0.3, -0.25) is 4.79 Å². The average Bonchev–Trinajstić information content (AvgIpc) is 3.13. The van der Waals surface area contributed by atoms with Crippen LogP contribution in [-0.2, 0) is 17.8 Å². The summed E-state index contributed by atoms with van der Waals surface area (Å²) in [6.07, 6.45) is 8.73. The summed E-state index contributed by atoms with van der Waals surface area (Å²) in [4.78, 5) is 17.2. The molecule has 7 heteroatoms. The Kier molecular flexibility index (Phi) is 9.00. The van der Waals surface area contributed by atoms with Crippen molar-refractivity contribution < 1.29 is 4.79 Å². The zero-order valence-electron chi connectivity index (χ0n) is 17.0. The Labute approximate surface area is 185 Å². The van der Waals surface area contributed by atoms with Gasteiger partial charge in [-0.2, -0.15) is 0 Å². The van der Waals surface area contributed by atoms with Crippen LogP contribution in [0.5, 0.6) is 0 Å². The molecule has 0 spiro atoms. The minimum Gasteiger partial charge on any atom is -0.334 e.